The lowest BCUT2D eigenvalue weighted by Gasteiger charge is -2.13. The molecule has 19 heavy (non-hydrogen) atoms. The van der Waals surface area contributed by atoms with Gasteiger partial charge in [-0.05, 0) is 37.0 Å². The summed E-state index contributed by atoms with van der Waals surface area (Å²) >= 11 is 0. The average molecular weight is 265 g/mol. The molecule has 1 aromatic carbocycles. The average Bonchev–Trinajstić information content (AvgIpc) is 3.13. The third-order valence-corrected chi connectivity index (χ3v) is 3.66. The van der Waals surface area contributed by atoms with E-state index in [9.17, 15) is 14.0 Å². The number of halogens is 1. The van der Waals surface area contributed by atoms with Gasteiger partial charge in [-0.15, -0.1) is 0 Å². The maximum atomic E-state index is 13.6. The molecule has 0 aromatic heterocycles. The Morgan fingerprint density at radius 3 is 2.58 bits per heavy atom. The first-order valence-corrected chi connectivity index (χ1v) is 6.28. The van der Waals surface area contributed by atoms with Crippen LogP contribution < -0.4 is 5.32 Å². The number of nitrogens with one attached hydrogen (secondary N) is 1. The van der Waals surface area contributed by atoms with Crippen LogP contribution in [0.1, 0.15) is 31.7 Å². The van der Waals surface area contributed by atoms with Crippen LogP contribution in [0.2, 0.25) is 0 Å². The number of carbonyl (C=O) groups is 2. The molecule has 1 aliphatic rings. The van der Waals surface area contributed by atoms with Crippen molar-refractivity contribution in [2.24, 2.45) is 5.41 Å². The highest BCUT2D eigenvalue weighted by molar-refractivity contribution is 5.97. The van der Waals surface area contributed by atoms with Gasteiger partial charge < -0.3 is 10.4 Å². The number of anilines is 1. The Kier molecular flexibility index (Phi) is 3.55. The third-order valence-electron chi connectivity index (χ3n) is 3.66. The van der Waals surface area contributed by atoms with E-state index in [0.29, 0.717) is 5.69 Å². The van der Waals surface area contributed by atoms with Crippen LogP contribution in [0.5, 0.6) is 0 Å². The fraction of sp³-hybridized carbons (Fsp3) is 0.429. The highest BCUT2D eigenvalue weighted by Crippen LogP contribution is 2.49. The van der Waals surface area contributed by atoms with Crippen molar-refractivity contribution in [1.29, 1.82) is 0 Å². The number of amides is 1. The van der Waals surface area contributed by atoms with Crippen LogP contribution >= 0.6 is 0 Å². The van der Waals surface area contributed by atoms with Gasteiger partial charge in [-0.1, -0.05) is 13.0 Å². The molecule has 0 aliphatic heterocycles. The molecule has 1 amide bonds. The second-order valence-electron chi connectivity index (χ2n) is 4.96. The number of hydrogen-bond donors (Lipinski definition) is 2. The van der Waals surface area contributed by atoms with Crippen molar-refractivity contribution in [3.05, 3.63) is 29.6 Å². The highest BCUT2D eigenvalue weighted by Gasteiger charge is 2.47. The van der Waals surface area contributed by atoms with E-state index in [4.69, 9.17) is 5.11 Å². The quantitative estimate of drug-likeness (QED) is 0.860. The topological polar surface area (TPSA) is 66.4 Å². The molecule has 2 N–H and O–H groups in total. The summed E-state index contributed by atoms with van der Waals surface area (Å²) in [4.78, 5) is 22.5. The summed E-state index contributed by atoms with van der Waals surface area (Å²) in [7, 11) is 0. The molecular weight excluding hydrogens is 249 g/mol. The second-order valence-corrected chi connectivity index (χ2v) is 4.96. The lowest BCUT2D eigenvalue weighted by atomic mass is 10.0. The van der Waals surface area contributed by atoms with E-state index in [1.54, 1.807) is 0 Å². The maximum Gasteiger partial charge on any atom is 0.307 e. The predicted molar refractivity (Wildman–Crippen MR) is 68.3 cm³/mol. The van der Waals surface area contributed by atoms with Crippen LogP contribution in [0.4, 0.5) is 10.1 Å². The summed E-state index contributed by atoms with van der Waals surface area (Å²) in [6, 6.07) is 4.09. The number of aliphatic carboxylic acids is 1. The Labute approximate surface area is 110 Å². The van der Waals surface area contributed by atoms with Gasteiger partial charge in [0.25, 0.3) is 0 Å². The molecule has 0 saturated heterocycles. The molecule has 0 radical (unpaired) electrons. The van der Waals surface area contributed by atoms with Crippen LogP contribution in [0.15, 0.2) is 18.2 Å². The number of hydrogen-bond acceptors (Lipinski definition) is 2. The van der Waals surface area contributed by atoms with E-state index in [-0.39, 0.29) is 23.3 Å². The van der Waals surface area contributed by atoms with Crippen molar-refractivity contribution in [2.45, 2.75) is 32.6 Å². The van der Waals surface area contributed by atoms with Gasteiger partial charge in [0, 0.05) is 11.1 Å². The van der Waals surface area contributed by atoms with Crippen molar-refractivity contribution in [2.75, 3.05) is 5.32 Å². The predicted octanol–water partition coefficient (Wildman–Crippen LogP) is 2.58. The number of carboxylic acids is 1. The molecule has 1 aliphatic carbocycles. The van der Waals surface area contributed by atoms with Gasteiger partial charge in [0.2, 0.25) is 5.91 Å². The molecule has 0 spiro atoms. The Hall–Kier alpha value is -1.91. The summed E-state index contributed by atoms with van der Waals surface area (Å²) in [6.45, 7) is 1.96. The Morgan fingerprint density at radius 1 is 1.42 bits per heavy atom. The van der Waals surface area contributed by atoms with Crippen molar-refractivity contribution in [1.82, 2.24) is 0 Å². The molecule has 1 saturated carbocycles. The summed E-state index contributed by atoms with van der Waals surface area (Å²) < 4.78 is 13.6. The minimum absolute atomic E-state index is 0.0830. The number of benzene rings is 1. The van der Waals surface area contributed by atoms with Crippen LogP contribution in [0.3, 0.4) is 0 Å². The minimum atomic E-state index is -1.08. The minimum Gasteiger partial charge on any atom is -0.481 e. The van der Waals surface area contributed by atoms with Crippen molar-refractivity contribution < 1.29 is 19.1 Å². The molecule has 2 rings (SSSR count). The van der Waals surface area contributed by atoms with E-state index >= 15 is 0 Å². The zero-order chi connectivity index (χ0) is 14.0. The van der Waals surface area contributed by atoms with Crippen molar-refractivity contribution in [3.8, 4) is 0 Å². The van der Waals surface area contributed by atoms with Crippen LogP contribution in [-0.4, -0.2) is 17.0 Å². The van der Waals surface area contributed by atoms with Gasteiger partial charge >= 0.3 is 5.97 Å². The molecule has 0 unspecified atom stereocenters. The summed E-state index contributed by atoms with van der Waals surface area (Å²) in [5, 5.41) is 11.3. The second kappa shape index (κ2) is 4.99. The molecule has 102 valence electrons. The van der Waals surface area contributed by atoms with Gasteiger partial charge in [0.05, 0.1) is 6.42 Å². The normalized spacial score (nSPS) is 15.9. The van der Waals surface area contributed by atoms with Crippen molar-refractivity contribution in [3.63, 3.8) is 0 Å². The molecule has 1 aromatic rings. The molecule has 0 heterocycles. The van der Waals surface area contributed by atoms with E-state index in [1.807, 2.05) is 6.92 Å². The van der Waals surface area contributed by atoms with Crippen LogP contribution in [0, 0.1) is 11.2 Å². The lowest BCUT2D eigenvalue weighted by Crippen LogP contribution is -2.23. The fourth-order valence-electron chi connectivity index (χ4n) is 2.09. The smallest absolute Gasteiger partial charge is 0.307 e. The van der Waals surface area contributed by atoms with Crippen molar-refractivity contribution >= 4 is 17.6 Å². The first-order chi connectivity index (χ1) is 8.97. The number of carbonyl (C=O) groups excluding carboxylic acids is 1. The SMILES string of the molecule is CCC1(C(=O)Nc2ccc(CC(=O)O)c(F)c2)CC1. The van der Waals surface area contributed by atoms with E-state index < -0.39 is 11.8 Å². The third kappa shape index (κ3) is 2.92. The lowest BCUT2D eigenvalue weighted by molar-refractivity contribution is -0.136. The largest absolute Gasteiger partial charge is 0.481 e. The zero-order valence-corrected chi connectivity index (χ0v) is 10.7. The Balaban J connectivity index is 2.08. The number of rotatable bonds is 5. The number of carboxylic acid groups (broad SMARTS) is 1. The molecule has 0 atom stereocenters. The van der Waals surface area contributed by atoms with E-state index in [0.717, 1.165) is 19.3 Å². The first-order valence-electron chi connectivity index (χ1n) is 6.28. The zero-order valence-electron chi connectivity index (χ0n) is 10.7. The molecular formula is C14H16FNO3. The van der Waals surface area contributed by atoms with Gasteiger partial charge in [0.15, 0.2) is 0 Å². The molecule has 5 heteroatoms. The Morgan fingerprint density at radius 2 is 2.11 bits per heavy atom. The van der Waals surface area contributed by atoms with Gasteiger partial charge in [0.1, 0.15) is 5.82 Å². The highest BCUT2D eigenvalue weighted by atomic mass is 19.1. The molecule has 1 fully saturated rings. The maximum absolute atomic E-state index is 13.6. The summed E-state index contributed by atoms with van der Waals surface area (Å²) in [5.41, 5.74) is 0.203. The fourth-order valence-corrected chi connectivity index (χ4v) is 2.09. The monoisotopic (exact) mass is 265 g/mol. The van der Waals surface area contributed by atoms with Crippen LogP contribution in [-0.2, 0) is 16.0 Å². The first kappa shape index (κ1) is 13.5. The Bertz CT molecular complexity index is 523. The van der Waals surface area contributed by atoms with Crippen LogP contribution in [0.25, 0.3) is 0 Å². The van der Waals surface area contributed by atoms with E-state index in [1.165, 1.54) is 18.2 Å². The summed E-state index contributed by atoms with van der Waals surface area (Å²) in [5.74, 6) is -1.78. The van der Waals surface area contributed by atoms with Gasteiger partial charge in [-0.3, -0.25) is 9.59 Å². The summed E-state index contributed by atoms with van der Waals surface area (Å²) in [6.07, 6.45) is 2.15. The molecule has 0 bridgehead atoms. The van der Waals surface area contributed by atoms with Gasteiger partial charge in [-0.25, -0.2) is 4.39 Å². The van der Waals surface area contributed by atoms with Gasteiger partial charge in [-0.2, -0.15) is 0 Å². The standard InChI is InChI=1S/C14H16FNO3/c1-2-14(5-6-14)13(19)16-10-4-3-9(7-12(17)18)11(15)8-10/h3-4,8H,2,5-7H2,1H3,(H,16,19)(H,17,18). The van der Waals surface area contributed by atoms with E-state index in [2.05, 4.69) is 5.32 Å². The molecule has 4 nitrogen and oxygen atoms in total.